The summed E-state index contributed by atoms with van der Waals surface area (Å²) >= 11 is 0. The van der Waals surface area contributed by atoms with Gasteiger partial charge in [0.25, 0.3) is 0 Å². The molecule has 0 aliphatic carbocycles. The molecular formula is C17H25NO2. The molecule has 0 N–H and O–H groups in total. The van der Waals surface area contributed by atoms with Crippen molar-refractivity contribution in [2.45, 2.75) is 59.1 Å². The van der Waals surface area contributed by atoms with Crippen molar-refractivity contribution in [3.63, 3.8) is 0 Å². The Labute approximate surface area is 122 Å². The van der Waals surface area contributed by atoms with E-state index in [9.17, 15) is 4.79 Å². The first-order valence-electron chi connectivity index (χ1n) is 7.04. The molecule has 1 aromatic rings. The van der Waals surface area contributed by atoms with Crippen LogP contribution in [-0.2, 0) is 14.9 Å². The topological polar surface area (TPSA) is 38.7 Å². The van der Waals surface area contributed by atoms with Gasteiger partial charge in [0.05, 0.1) is 6.10 Å². The van der Waals surface area contributed by atoms with E-state index in [2.05, 4.69) is 37.9 Å². The molecule has 0 aliphatic rings. The quantitative estimate of drug-likeness (QED) is 0.620. The predicted molar refractivity (Wildman–Crippen MR) is 83.4 cm³/mol. The van der Waals surface area contributed by atoms with Gasteiger partial charge in [-0.2, -0.15) is 0 Å². The molecule has 1 unspecified atom stereocenters. The number of esters is 1. The molecule has 1 aromatic carbocycles. The van der Waals surface area contributed by atoms with Crippen LogP contribution in [-0.4, -0.2) is 24.3 Å². The molecule has 0 fully saturated rings. The molecular weight excluding hydrogens is 250 g/mol. The van der Waals surface area contributed by atoms with Crippen molar-refractivity contribution in [3.8, 4) is 0 Å². The third-order valence-corrected chi connectivity index (χ3v) is 2.92. The van der Waals surface area contributed by atoms with Crippen molar-refractivity contribution in [1.82, 2.24) is 0 Å². The van der Waals surface area contributed by atoms with Crippen molar-refractivity contribution >= 4 is 12.2 Å². The number of nitrogens with zero attached hydrogens (tertiary/aromatic N) is 1. The highest BCUT2D eigenvalue weighted by molar-refractivity contribution is 5.83. The Kier molecular flexibility index (Phi) is 5.49. The first kappa shape index (κ1) is 16.4. The lowest BCUT2D eigenvalue weighted by molar-refractivity contribution is -0.148. The highest BCUT2D eigenvalue weighted by Gasteiger charge is 2.14. The average molecular weight is 275 g/mol. The Morgan fingerprint density at radius 2 is 1.70 bits per heavy atom. The van der Waals surface area contributed by atoms with Gasteiger partial charge in [0.2, 0.25) is 0 Å². The van der Waals surface area contributed by atoms with Gasteiger partial charge in [-0.15, -0.1) is 0 Å². The fourth-order valence-electron chi connectivity index (χ4n) is 1.66. The van der Waals surface area contributed by atoms with Gasteiger partial charge in [-0.1, -0.05) is 45.0 Å². The molecule has 0 amide bonds. The van der Waals surface area contributed by atoms with Gasteiger partial charge in [-0.3, -0.25) is 4.99 Å². The van der Waals surface area contributed by atoms with E-state index in [0.29, 0.717) is 0 Å². The number of hydrogen-bond donors (Lipinski definition) is 0. The SMILES string of the molecule is CC(C)OC(=O)C(C)N=Cc1ccc(C(C)(C)C)cc1. The lowest BCUT2D eigenvalue weighted by Crippen LogP contribution is -2.21. The third-order valence-electron chi connectivity index (χ3n) is 2.92. The summed E-state index contributed by atoms with van der Waals surface area (Å²) in [6.45, 7) is 11.9. The van der Waals surface area contributed by atoms with E-state index < -0.39 is 6.04 Å². The molecule has 1 atom stereocenters. The molecule has 3 nitrogen and oxygen atoms in total. The molecule has 0 aliphatic heterocycles. The maximum Gasteiger partial charge on any atom is 0.330 e. The molecule has 110 valence electrons. The van der Waals surface area contributed by atoms with Gasteiger partial charge >= 0.3 is 5.97 Å². The molecule has 0 aromatic heterocycles. The van der Waals surface area contributed by atoms with Gasteiger partial charge in [0.1, 0.15) is 6.04 Å². The Hall–Kier alpha value is -1.64. The first-order valence-corrected chi connectivity index (χ1v) is 7.04. The number of rotatable bonds is 4. The Morgan fingerprint density at radius 3 is 2.15 bits per heavy atom. The van der Waals surface area contributed by atoms with Gasteiger partial charge in [0.15, 0.2) is 0 Å². The van der Waals surface area contributed by atoms with E-state index in [-0.39, 0.29) is 17.5 Å². The third kappa shape index (κ3) is 5.16. The maximum absolute atomic E-state index is 11.6. The second kappa shape index (κ2) is 6.69. The molecule has 1 rings (SSSR count). The zero-order valence-corrected chi connectivity index (χ0v) is 13.3. The number of ether oxygens (including phenoxy) is 1. The van der Waals surface area contributed by atoms with E-state index in [1.165, 1.54) is 5.56 Å². The van der Waals surface area contributed by atoms with Crippen LogP contribution in [0.3, 0.4) is 0 Å². The Morgan fingerprint density at radius 1 is 1.15 bits per heavy atom. The van der Waals surface area contributed by atoms with Crippen molar-refractivity contribution in [3.05, 3.63) is 35.4 Å². The van der Waals surface area contributed by atoms with Gasteiger partial charge in [0, 0.05) is 6.21 Å². The standard InChI is InChI=1S/C17H25NO2/c1-12(2)20-16(19)13(3)18-11-14-7-9-15(10-8-14)17(4,5)6/h7-13H,1-6H3. The average Bonchev–Trinajstić information content (AvgIpc) is 2.34. The second-order valence-corrected chi connectivity index (χ2v) is 6.31. The summed E-state index contributed by atoms with van der Waals surface area (Å²) in [6.07, 6.45) is 1.62. The molecule has 0 bridgehead atoms. The predicted octanol–water partition coefficient (Wildman–Crippen LogP) is 3.74. The summed E-state index contributed by atoms with van der Waals surface area (Å²) in [6, 6.07) is 7.76. The number of carbonyl (C=O) groups is 1. The van der Waals surface area contributed by atoms with E-state index >= 15 is 0 Å². The number of hydrogen-bond acceptors (Lipinski definition) is 3. The smallest absolute Gasteiger partial charge is 0.330 e. The normalized spacial score (nSPS) is 13.8. The molecule has 20 heavy (non-hydrogen) atoms. The zero-order chi connectivity index (χ0) is 15.3. The van der Waals surface area contributed by atoms with Crippen LogP contribution in [0.2, 0.25) is 0 Å². The molecule has 0 spiro atoms. The van der Waals surface area contributed by atoms with Crippen LogP contribution in [0.1, 0.15) is 52.7 Å². The summed E-state index contributed by atoms with van der Waals surface area (Å²) in [4.78, 5) is 15.9. The van der Waals surface area contributed by atoms with E-state index in [1.54, 1.807) is 13.1 Å². The van der Waals surface area contributed by atoms with E-state index in [1.807, 2.05) is 26.0 Å². The van der Waals surface area contributed by atoms with Crippen molar-refractivity contribution < 1.29 is 9.53 Å². The summed E-state index contributed by atoms with van der Waals surface area (Å²) < 4.78 is 5.11. The van der Waals surface area contributed by atoms with Crippen molar-refractivity contribution in [1.29, 1.82) is 0 Å². The Balaban J connectivity index is 2.69. The molecule has 0 saturated carbocycles. The largest absolute Gasteiger partial charge is 0.461 e. The van der Waals surface area contributed by atoms with E-state index in [0.717, 1.165) is 5.56 Å². The number of aliphatic imine (C=N–C) groups is 1. The molecule has 3 heteroatoms. The van der Waals surface area contributed by atoms with Crippen molar-refractivity contribution in [2.24, 2.45) is 4.99 Å². The number of benzene rings is 1. The van der Waals surface area contributed by atoms with Crippen LogP contribution < -0.4 is 0 Å². The first-order chi connectivity index (χ1) is 9.20. The van der Waals surface area contributed by atoms with Crippen LogP contribution >= 0.6 is 0 Å². The molecule has 0 saturated heterocycles. The summed E-state index contributed by atoms with van der Waals surface area (Å²) in [5.41, 5.74) is 2.41. The maximum atomic E-state index is 11.6. The monoisotopic (exact) mass is 275 g/mol. The highest BCUT2D eigenvalue weighted by atomic mass is 16.5. The van der Waals surface area contributed by atoms with Crippen LogP contribution in [0, 0.1) is 0 Å². The summed E-state index contributed by atoms with van der Waals surface area (Å²) in [5.74, 6) is -0.289. The van der Waals surface area contributed by atoms with Gasteiger partial charge in [-0.05, 0) is 37.3 Å². The fraction of sp³-hybridized carbons (Fsp3) is 0.529. The zero-order valence-electron chi connectivity index (χ0n) is 13.3. The lowest BCUT2D eigenvalue weighted by atomic mass is 9.87. The Bertz CT molecular complexity index is 467. The van der Waals surface area contributed by atoms with Crippen LogP contribution in [0.4, 0.5) is 0 Å². The minimum atomic E-state index is -0.473. The number of carbonyl (C=O) groups excluding carboxylic acids is 1. The highest BCUT2D eigenvalue weighted by Crippen LogP contribution is 2.21. The summed E-state index contributed by atoms with van der Waals surface area (Å²) in [7, 11) is 0. The second-order valence-electron chi connectivity index (χ2n) is 6.31. The molecule has 0 heterocycles. The molecule has 0 radical (unpaired) electrons. The van der Waals surface area contributed by atoms with Gasteiger partial charge < -0.3 is 4.74 Å². The summed E-state index contributed by atoms with van der Waals surface area (Å²) in [5, 5.41) is 0. The minimum Gasteiger partial charge on any atom is -0.461 e. The van der Waals surface area contributed by atoms with Crippen LogP contribution in [0.25, 0.3) is 0 Å². The van der Waals surface area contributed by atoms with E-state index in [4.69, 9.17) is 4.74 Å². The van der Waals surface area contributed by atoms with Crippen LogP contribution in [0.15, 0.2) is 29.3 Å². The minimum absolute atomic E-state index is 0.105. The van der Waals surface area contributed by atoms with Crippen LogP contribution in [0.5, 0.6) is 0 Å². The van der Waals surface area contributed by atoms with Gasteiger partial charge in [-0.25, -0.2) is 4.79 Å². The lowest BCUT2D eigenvalue weighted by Gasteiger charge is -2.18. The fourth-order valence-corrected chi connectivity index (χ4v) is 1.66. The van der Waals surface area contributed by atoms with Crippen molar-refractivity contribution in [2.75, 3.05) is 0 Å².